The number of carbonyl (C=O) groups excluding carboxylic acids is 5. The third-order valence-electron chi connectivity index (χ3n) is 10.1. The first-order valence-corrected chi connectivity index (χ1v) is 22.5. The Bertz CT molecular complexity index is 1180. The summed E-state index contributed by atoms with van der Waals surface area (Å²) < 4.78 is 17.9. The third kappa shape index (κ3) is 15.4. The van der Waals surface area contributed by atoms with Gasteiger partial charge >= 0.3 is 12.1 Å². The highest BCUT2D eigenvalue weighted by Gasteiger charge is 2.44. The molecule has 0 aromatic rings. The van der Waals surface area contributed by atoms with Crippen molar-refractivity contribution in [1.82, 2.24) is 20.9 Å². The second-order valence-corrected chi connectivity index (χ2v) is 22.6. The van der Waals surface area contributed by atoms with Gasteiger partial charge in [0, 0.05) is 6.54 Å². The molecule has 6 atom stereocenters. The summed E-state index contributed by atoms with van der Waals surface area (Å²) in [5.74, 6) is -1.90. The fourth-order valence-electron chi connectivity index (χ4n) is 5.89. The van der Waals surface area contributed by atoms with Crippen molar-refractivity contribution >= 4 is 38.1 Å². The van der Waals surface area contributed by atoms with E-state index in [1.807, 2.05) is 48.5 Å². The summed E-state index contributed by atoms with van der Waals surface area (Å²) in [5.41, 5.74) is -0.711. The molecule has 13 heteroatoms. The van der Waals surface area contributed by atoms with E-state index in [4.69, 9.17) is 13.9 Å². The van der Waals surface area contributed by atoms with Crippen molar-refractivity contribution < 1.29 is 37.9 Å². The minimum atomic E-state index is -2.45. The van der Waals surface area contributed by atoms with Crippen LogP contribution in [0.3, 0.4) is 0 Å². The van der Waals surface area contributed by atoms with Crippen LogP contribution >= 0.6 is 0 Å². The molecule has 3 N–H and O–H groups in total. The van der Waals surface area contributed by atoms with Crippen molar-refractivity contribution in [1.29, 1.82) is 0 Å². The zero-order chi connectivity index (χ0) is 40.2. The van der Waals surface area contributed by atoms with Crippen molar-refractivity contribution in [2.45, 2.75) is 189 Å². The van der Waals surface area contributed by atoms with E-state index in [-0.39, 0.29) is 35.1 Å². The number of hydrogen-bond donors (Lipinski definition) is 3. The first kappa shape index (κ1) is 47.3. The van der Waals surface area contributed by atoms with Crippen LogP contribution in [0.1, 0.15) is 135 Å². The second-order valence-electron chi connectivity index (χ2n) is 17.9. The Morgan fingerprint density at radius 3 is 2.02 bits per heavy atom. The Morgan fingerprint density at radius 2 is 1.52 bits per heavy atom. The molecular weight excluding hydrogens is 681 g/mol. The summed E-state index contributed by atoms with van der Waals surface area (Å²) in [5, 5.41) is 8.72. The van der Waals surface area contributed by atoms with E-state index in [0.717, 1.165) is 19.3 Å². The molecule has 0 aliphatic carbocycles. The van der Waals surface area contributed by atoms with Gasteiger partial charge in [0.25, 0.3) is 0 Å². The highest BCUT2D eigenvalue weighted by atomic mass is 28.4. The molecule has 4 amide bonds. The zero-order valence-corrected chi connectivity index (χ0v) is 36.2. The van der Waals surface area contributed by atoms with Crippen molar-refractivity contribution in [3.05, 3.63) is 0 Å². The van der Waals surface area contributed by atoms with E-state index < -0.39 is 68.1 Å². The summed E-state index contributed by atoms with van der Waals surface area (Å²) in [6.45, 7) is 30.3. The number of esters is 1. The largest absolute Gasteiger partial charge is 0.464 e. The van der Waals surface area contributed by atoms with Gasteiger partial charge in [0.15, 0.2) is 8.32 Å². The van der Waals surface area contributed by atoms with E-state index >= 15 is 0 Å². The number of nitrogens with one attached hydrogen (secondary N) is 3. The normalized spacial score (nSPS) is 18.3. The number of carbonyl (C=O) groups is 5. The quantitative estimate of drug-likeness (QED) is 0.0748. The molecule has 1 aliphatic heterocycles. The van der Waals surface area contributed by atoms with Crippen molar-refractivity contribution in [2.24, 2.45) is 17.8 Å². The van der Waals surface area contributed by atoms with Gasteiger partial charge in [-0.25, -0.2) is 9.59 Å². The van der Waals surface area contributed by atoms with Gasteiger partial charge in [-0.05, 0) is 82.3 Å². The van der Waals surface area contributed by atoms with Gasteiger partial charge in [-0.2, -0.15) is 0 Å². The number of amides is 4. The van der Waals surface area contributed by atoms with Crippen LogP contribution in [0.25, 0.3) is 0 Å². The van der Waals surface area contributed by atoms with Crippen LogP contribution in [0.15, 0.2) is 0 Å². The number of rotatable bonds is 19. The molecular formula is C39H74N4O8Si. The maximum Gasteiger partial charge on any atom is 0.407 e. The van der Waals surface area contributed by atoms with Gasteiger partial charge in [0.05, 0.1) is 25.2 Å². The molecule has 1 aliphatic rings. The molecule has 0 unspecified atom stereocenters. The highest BCUT2D eigenvalue weighted by molar-refractivity contribution is 6.74. The summed E-state index contributed by atoms with van der Waals surface area (Å²) in [4.78, 5) is 69.3. The van der Waals surface area contributed by atoms with E-state index in [2.05, 4.69) is 49.8 Å². The molecule has 0 aromatic carbocycles. The molecule has 302 valence electrons. The molecule has 52 heavy (non-hydrogen) atoms. The first-order valence-electron chi connectivity index (χ1n) is 19.6. The molecule has 0 spiro atoms. The van der Waals surface area contributed by atoms with Crippen LogP contribution in [0, 0.1) is 17.8 Å². The lowest BCUT2D eigenvalue weighted by atomic mass is 9.92. The lowest BCUT2D eigenvalue weighted by Gasteiger charge is -2.42. The van der Waals surface area contributed by atoms with E-state index in [1.165, 1.54) is 0 Å². The van der Waals surface area contributed by atoms with Crippen LogP contribution in [0.4, 0.5) is 4.79 Å². The Balaban J connectivity index is 3.34. The summed E-state index contributed by atoms with van der Waals surface area (Å²) in [6.07, 6.45) is 2.54. The molecule has 0 radical (unpaired) electrons. The molecule has 1 saturated heterocycles. The summed E-state index contributed by atoms with van der Waals surface area (Å²) >= 11 is 0. The SMILES string of the molecule is CCCCOC(=O)[C@@H]1CCCN1C(=O)[C@H](CC(C)C)NC(=O)[C@@H](NC(=O)C[C@H](O[Si](C)(C)C(C)(C)C)[C@H](NC(=O)OC(C)(C)C)[C@@H](C)CC)C(C)C. The maximum absolute atomic E-state index is 13.9. The second kappa shape index (κ2) is 20.7. The Morgan fingerprint density at radius 1 is 0.904 bits per heavy atom. The van der Waals surface area contributed by atoms with Crippen LogP contribution in [0.5, 0.6) is 0 Å². The molecule has 1 rings (SSSR count). The highest BCUT2D eigenvalue weighted by Crippen LogP contribution is 2.38. The summed E-state index contributed by atoms with van der Waals surface area (Å²) in [7, 11) is -2.45. The Hall–Kier alpha value is -2.67. The van der Waals surface area contributed by atoms with Gasteiger partial charge in [0.2, 0.25) is 17.7 Å². The standard InChI is InChI=1S/C39H74N4O8Si/c1-16-18-22-49-36(47)29-20-19-21-43(29)35(46)28(23-25(3)4)40-34(45)32(26(5)6)41-31(44)24-30(51-52(14,15)39(11,12)13)33(27(7)17-2)42-37(48)50-38(8,9)10/h25-30,32-33H,16-24H2,1-15H3,(H,40,45)(H,41,44)(H,42,48)/t27-,28-,29-,30-,32-,33+/m0/s1. The van der Waals surface area contributed by atoms with Gasteiger partial charge in [0.1, 0.15) is 23.7 Å². The van der Waals surface area contributed by atoms with E-state index in [1.54, 1.807) is 25.7 Å². The molecule has 0 bridgehead atoms. The topological polar surface area (TPSA) is 152 Å². The number of hydrogen-bond acceptors (Lipinski definition) is 8. The molecule has 12 nitrogen and oxygen atoms in total. The van der Waals surface area contributed by atoms with Gasteiger partial charge < -0.3 is 34.8 Å². The molecule has 0 aromatic heterocycles. The minimum Gasteiger partial charge on any atom is -0.464 e. The number of alkyl carbamates (subject to hydrolysis) is 1. The first-order chi connectivity index (χ1) is 23.8. The number of nitrogens with zero attached hydrogens (tertiary/aromatic N) is 1. The number of likely N-dealkylation sites (tertiary alicyclic amines) is 1. The van der Waals surface area contributed by atoms with Crippen molar-refractivity contribution in [3.63, 3.8) is 0 Å². The summed E-state index contributed by atoms with van der Waals surface area (Å²) in [6, 6.07) is -3.04. The zero-order valence-electron chi connectivity index (χ0n) is 35.2. The molecule has 1 heterocycles. The van der Waals surface area contributed by atoms with E-state index in [9.17, 15) is 24.0 Å². The Kier molecular flexibility index (Phi) is 18.8. The van der Waals surface area contributed by atoms with Crippen LogP contribution < -0.4 is 16.0 Å². The van der Waals surface area contributed by atoms with Crippen molar-refractivity contribution in [3.8, 4) is 0 Å². The third-order valence-corrected chi connectivity index (χ3v) is 14.6. The fourth-order valence-corrected chi connectivity index (χ4v) is 7.23. The van der Waals surface area contributed by atoms with Gasteiger partial charge in [-0.15, -0.1) is 0 Å². The van der Waals surface area contributed by atoms with E-state index in [0.29, 0.717) is 32.4 Å². The fraction of sp³-hybridized carbons (Fsp3) is 0.872. The average molecular weight is 755 g/mol. The number of unbranched alkanes of at least 4 members (excludes halogenated alkanes) is 1. The maximum atomic E-state index is 13.9. The van der Waals surface area contributed by atoms with Crippen LogP contribution in [-0.4, -0.2) is 92.0 Å². The predicted molar refractivity (Wildman–Crippen MR) is 208 cm³/mol. The smallest absolute Gasteiger partial charge is 0.407 e. The van der Waals surface area contributed by atoms with Crippen LogP contribution in [-0.2, 0) is 33.1 Å². The van der Waals surface area contributed by atoms with Gasteiger partial charge in [-0.1, -0.05) is 82.1 Å². The van der Waals surface area contributed by atoms with Gasteiger partial charge in [-0.3, -0.25) is 14.4 Å². The lowest BCUT2D eigenvalue weighted by molar-refractivity contribution is -0.154. The van der Waals surface area contributed by atoms with Crippen molar-refractivity contribution in [2.75, 3.05) is 13.2 Å². The monoisotopic (exact) mass is 755 g/mol. The lowest BCUT2D eigenvalue weighted by Crippen LogP contribution is -2.58. The number of ether oxygens (including phenoxy) is 2. The molecule has 1 fully saturated rings. The minimum absolute atomic E-state index is 0.0552. The van der Waals surface area contributed by atoms with Crippen LogP contribution in [0.2, 0.25) is 18.1 Å². The average Bonchev–Trinajstić information content (AvgIpc) is 3.49. The molecule has 0 saturated carbocycles. The predicted octanol–water partition coefficient (Wildman–Crippen LogP) is 6.71. The Labute approximate surface area is 316 Å².